The number of unbranched alkanes of at least 4 members (excludes halogenated alkanes) is 1. The van der Waals surface area contributed by atoms with Gasteiger partial charge in [0, 0.05) is 35.2 Å². The van der Waals surface area contributed by atoms with Crippen LogP contribution >= 0.6 is 22.6 Å². The Hall–Kier alpha value is -2.07. The van der Waals surface area contributed by atoms with E-state index in [1.807, 2.05) is 23.0 Å². The number of aromatic nitrogens is 3. The number of halogens is 1. The average molecular weight is 459 g/mol. The monoisotopic (exact) mass is 459 g/mol. The van der Waals surface area contributed by atoms with Gasteiger partial charge >= 0.3 is 0 Å². The van der Waals surface area contributed by atoms with E-state index in [9.17, 15) is 0 Å². The van der Waals surface area contributed by atoms with Crippen molar-refractivity contribution in [2.75, 3.05) is 0 Å². The molecule has 3 aromatic rings. The van der Waals surface area contributed by atoms with Crippen LogP contribution in [0.25, 0.3) is 10.9 Å². The van der Waals surface area contributed by atoms with E-state index in [1.54, 1.807) is 6.20 Å². The van der Waals surface area contributed by atoms with Crippen molar-refractivity contribution in [3.63, 3.8) is 0 Å². The normalized spacial score (nSPS) is 10.8. The largest absolute Gasteiger partial charge is 0.472 e. The predicted molar refractivity (Wildman–Crippen MR) is 113 cm³/mol. The molecule has 0 amide bonds. The van der Waals surface area contributed by atoms with Gasteiger partial charge in [-0.1, -0.05) is 18.8 Å². The SMILES string of the molecule is CCCC#Cc1cc2cnn(C(C)C)c2cc1COc1ncccc1I. The lowest BCUT2D eigenvalue weighted by Crippen LogP contribution is -2.04. The highest BCUT2D eigenvalue weighted by molar-refractivity contribution is 14.1. The fraction of sp³-hybridized carbons (Fsp3) is 0.333. The summed E-state index contributed by atoms with van der Waals surface area (Å²) in [4.78, 5) is 4.31. The zero-order valence-electron chi connectivity index (χ0n) is 15.3. The maximum Gasteiger partial charge on any atom is 0.227 e. The molecule has 0 radical (unpaired) electrons. The minimum atomic E-state index is 0.301. The molecule has 134 valence electrons. The summed E-state index contributed by atoms with van der Waals surface area (Å²) in [7, 11) is 0. The minimum absolute atomic E-state index is 0.301. The molecule has 1 aromatic carbocycles. The third-order valence-corrected chi connectivity index (χ3v) is 4.82. The molecule has 4 nitrogen and oxygen atoms in total. The van der Waals surface area contributed by atoms with Crippen LogP contribution in [0.5, 0.6) is 5.88 Å². The van der Waals surface area contributed by atoms with Gasteiger partial charge in [0.05, 0.1) is 15.3 Å². The zero-order chi connectivity index (χ0) is 18.5. The second kappa shape index (κ2) is 8.54. The molecular formula is C21H22IN3O. The molecule has 2 heterocycles. The first kappa shape index (κ1) is 18.7. The molecule has 0 saturated carbocycles. The first-order chi connectivity index (χ1) is 12.6. The molecule has 0 unspecified atom stereocenters. The van der Waals surface area contributed by atoms with Crippen molar-refractivity contribution in [2.45, 2.75) is 46.3 Å². The Bertz CT molecular complexity index is 966. The van der Waals surface area contributed by atoms with E-state index >= 15 is 0 Å². The number of ether oxygens (including phenoxy) is 1. The van der Waals surface area contributed by atoms with Crippen molar-refractivity contribution in [3.05, 3.63) is 51.4 Å². The highest BCUT2D eigenvalue weighted by Crippen LogP contribution is 2.24. The summed E-state index contributed by atoms with van der Waals surface area (Å²) in [5.74, 6) is 7.20. The summed E-state index contributed by atoms with van der Waals surface area (Å²) >= 11 is 2.24. The van der Waals surface area contributed by atoms with Crippen molar-refractivity contribution in [2.24, 2.45) is 0 Å². The van der Waals surface area contributed by atoms with Crippen LogP contribution in [0.1, 0.15) is 50.8 Å². The molecular weight excluding hydrogens is 437 g/mol. The van der Waals surface area contributed by atoms with E-state index in [2.05, 4.69) is 77.4 Å². The van der Waals surface area contributed by atoms with Gasteiger partial charge < -0.3 is 4.74 Å². The summed E-state index contributed by atoms with van der Waals surface area (Å²) in [6.45, 7) is 6.83. The number of nitrogens with zero attached hydrogens (tertiary/aromatic N) is 3. The molecule has 5 heteroatoms. The van der Waals surface area contributed by atoms with Crippen LogP contribution in [-0.4, -0.2) is 14.8 Å². The molecule has 2 aromatic heterocycles. The number of benzene rings is 1. The van der Waals surface area contributed by atoms with Gasteiger partial charge in [-0.2, -0.15) is 5.10 Å². The number of rotatable bonds is 5. The maximum atomic E-state index is 5.98. The Morgan fingerprint density at radius 1 is 1.31 bits per heavy atom. The molecule has 26 heavy (non-hydrogen) atoms. The topological polar surface area (TPSA) is 39.9 Å². The van der Waals surface area contributed by atoms with Gasteiger partial charge in [-0.25, -0.2) is 4.98 Å². The van der Waals surface area contributed by atoms with E-state index in [4.69, 9.17) is 4.74 Å². The lowest BCUT2D eigenvalue weighted by Gasteiger charge is -2.11. The lowest BCUT2D eigenvalue weighted by atomic mass is 10.1. The number of hydrogen-bond acceptors (Lipinski definition) is 3. The number of pyridine rings is 1. The van der Waals surface area contributed by atoms with Crippen LogP contribution in [0.15, 0.2) is 36.7 Å². The van der Waals surface area contributed by atoms with Crippen LogP contribution in [0.2, 0.25) is 0 Å². The van der Waals surface area contributed by atoms with Crippen LogP contribution in [0.4, 0.5) is 0 Å². The standard InChI is InChI=1S/C21H22IN3O/c1-4-5-6-8-16-11-17-13-24-25(15(2)3)20(17)12-18(16)14-26-21-19(22)9-7-10-23-21/h7,9-13,15H,4-5,14H2,1-3H3. The fourth-order valence-corrected chi connectivity index (χ4v) is 3.19. The molecule has 0 spiro atoms. The van der Waals surface area contributed by atoms with Crippen molar-refractivity contribution < 1.29 is 4.74 Å². The molecule has 3 rings (SSSR count). The number of fused-ring (bicyclic) bond motifs is 1. The van der Waals surface area contributed by atoms with E-state index in [0.29, 0.717) is 18.5 Å². The fourth-order valence-electron chi connectivity index (χ4n) is 2.69. The predicted octanol–water partition coefficient (Wildman–Crippen LogP) is 5.35. The van der Waals surface area contributed by atoms with Gasteiger partial charge in [0.1, 0.15) is 6.61 Å². The van der Waals surface area contributed by atoms with Crippen molar-refractivity contribution >= 4 is 33.5 Å². The first-order valence-corrected chi connectivity index (χ1v) is 9.90. The Morgan fingerprint density at radius 3 is 2.88 bits per heavy atom. The third-order valence-electron chi connectivity index (χ3n) is 4.00. The van der Waals surface area contributed by atoms with E-state index in [-0.39, 0.29) is 0 Å². The quantitative estimate of drug-likeness (QED) is 0.382. The van der Waals surface area contributed by atoms with Crippen molar-refractivity contribution in [1.82, 2.24) is 14.8 Å². The van der Waals surface area contributed by atoms with Gasteiger partial charge in [-0.3, -0.25) is 4.68 Å². The van der Waals surface area contributed by atoms with Gasteiger partial charge in [0.25, 0.3) is 0 Å². The van der Waals surface area contributed by atoms with E-state index in [1.165, 1.54) is 0 Å². The molecule has 0 fully saturated rings. The van der Waals surface area contributed by atoms with Crippen molar-refractivity contribution in [3.8, 4) is 17.7 Å². The second-order valence-corrected chi connectivity index (χ2v) is 7.54. The van der Waals surface area contributed by atoms with Gasteiger partial charge in [-0.05, 0) is 67.1 Å². The van der Waals surface area contributed by atoms with Gasteiger partial charge in [-0.15, -0.1) is 0 Å². The summed E-state index contributed by atoms with van der Waals surface area (Å²) in [5, 5.41) is 5.63. The Balaban J connectivity index is 1.99. The maximum absolute atomic E-state index is 5.98. The second-order valence-electron chi connectivity index (χ2n) is 6.38. The van der Waals surface area contributed by atoms with Crippen molar-refractivity contribution in [1.29, 1.82) is 0 Å². The smallest absolute Gasteiger partial charge is 0.227 e. The highest BCUT2D eigenvalue weighted by atomic mass is 127. The molecule has 0 N–H and O–H groups in total. The molecule has 0 aliphatic rings. The summed E-state index contributed by atoms with van der Waals surface area (Å²) in [6, 6.07) is 8.46. The summed E-state index contributed by atoms with van der Waals surface area (Å²) in [6.07, 6.45) is 5.60. The summed E-state index contributed by atoms with van der Waals surface area (Å²) in [5.41, 5.74) is 3.17. The molecule has 0 aliphatic heterocycles. The average Bonchev–Trinajstić information content (AvgIpc) is 3.04. The first-order valence-electron chi connectivity index (χ1n) is 8.82. The lowest BCUT2D eigenvalue weighted by molar-refractivity contribution is 0.291. The van der Waals surface area contributed by atoms with E-state index in [0.717, 1.165) is 38.4 Å². The van der Waals surface area contributed by atoms with Gasteiger partial charge in [0.2, 0.25) is 5.88 Å². The Morgan fingerprint density at radius 2 is 2.15 bits per heavy atom. The molecule has 0 bridgehead atoms. The third kappa shape index (κ3) is 4.18. The molecule has 0 atom stereocenters. The zero-order valence-corrected chi connectivity index (χ0v) is 17.4. The molecule has 0 saturated heterocycles. The summed E-state index contributed by atoms with van der Waals surface area (Å²) < 4.78 is 9.01. The van der Waals surface area contributed by atoms with Gasteiger partial charge in [0.15, 0.2) is 0 Å². The van der Waals surface area contributed by atoms with Crippen LogP contribution in [0, 0.1) is 15.4 Å². The Labute approximate surface area is 168 Å². The van der Waals surface area contributed by atoms with Crippen LogP contribution < -0.4 is 4.74 Å². The molecule has 0 aliphatic carbocycles. The number of hydrogen-bond donors (Lipinski definition) is 0. The van der Waals surface area contributed by atoms with Crippen LogP contribution in [0.3, 0.4) is 0 Å². The highest BCUT2D eigenvalue weighted by Gasteiger charge is 2.11. The van der Waals surface area contributed by atoms with Crippen LogP contribution in [-0.2, 0) is 6.61 Å². The minimum Gasteiger partial charge on any atom is -0.472 e. The van der Waals surface area contributed by atoms with E-state index < -0.39 is 0 Å². The Kier molecular flexibility index (Phi) is 6.15.